The molecule has 0 aromatic heterocycles. The third-order valence-electron chi connectivity index (χ3n) is 5.11. The van der Waals surface area contributed by atoms with Crippen molar-refractivity contribution in [2.24, 2.45) is 0 Å². The molecule has 0 aromatic carbocycles. The molecule has 0 unspecified atom stereocenters. The fraction of sp³-hybridized carbons (Fsp3) is 0.722. The fourth-order valence-electron chi connectivity index (χ4n) is 3.60. The molecule has 10 nitrogen and oxygen atoms in total. The fourth-order valence-corrected chi connectivity index (χ4v) is 3.60. The Morgan fingerprint density at radius 3 is 2.29 bits per heavy atom. The Balaban J connectivity index is 1.93. The van der Waals surface area contributed by atoms with E-state index < -0.39 is 48.0 Å². The highest BCUT2D eigenvalue weighted by Crippen LogP contribution is 2.39. The highest BCUT2D eigenvalue weighted by atomic mass is 16.5. The van der Waals surface area contributed by atoms with Gasteiger partial charge in [-0.2, -0.15) is 0 Å². The molecule has 28 heavy (non-hydrogen) atoms. The lowest BCUT2D eigenvalue weighted by molar-refractivity contribution is -0.156. The van der Waals surface area contributed by atoms with Gasteiger partial charge in [0.15, 0.2) is 6.10 Å². The van der Waals surface area contributed by atoms with Gasteiger partial charge in [-0.05, 0) is 33.6 Å². The maximum atomic E-state index is 12.8. The van der Waals surface area contributed by atoms with Crippen molar-refractivity contribution in [3.63, 3.8) is 0 Å². The zero-order chi connectivity index (χ0) is 21.1. The summed E-state index contributed by atoms with van der Waals surface area (Å²) in [4.78, 5) is 63.2. The van der Waals surface area contributed by atoms with E-state index in [9.17, 15) is 24.0 Å². The Kier molecular flexibility index (Phi) is 6.63. The van der Waals surface area contributed by atoms with Gasteiger partial charge < -0.3 is 15.0 Å². The lowest BCUT2D eigenvalue weighted by Gasteiger charge is -2.35. The van der Waals surface area contributed by atoms with Gasteiger partial charge in [0, 0.05) is 13.1 Å². The first-order chi connectivity index (χ1) is 13.1. The summed E-state index contributed by atoms with van der Waals surface area (Å²) < 4.78 is 4.99. The van der Waals surface area contributed by atoms with Gasteiger partial charge in [0.1, 0.15) is 12.1 Å². The number of ether oxygens (including phenoxy) is 1. The van der Waals surface area contributed by atoms with Crippen LogP contribution in [0.1, 0.15) is 52.9 Å². The molecule has 1 saturated heterocycles. The van der Waals surface area contributed by atoms with Crippen LogP contribution >= 0.6 is 0 Å². The molecule has 2 rings (SSSR count). The van der Waals surface area contributed by atoms with Crippen LogP contribution < -0.4 is 10.6 Å². The van der Waals surface area contributed by atoms with Gasteiger partial charge in [-0.25, -0.2) is 9.59 Å². The van der Waals surface area contributed by atoms with Crippen LogP contribution in [0.15, 0.2) is 0 Å². The minimum atomic E-state index is -1.25. The van der Waals surface area contributed by atoms with E-state index in [1.54, 1.807) is 20.9 Å². The Bertz CT molecular complexity index is 671. The van der Waals surface area contributed by atoms with Gasteiger partial charge in [-0.3, -0.25) is 24.6 Å². The zero-order valence-corrected chi connectivity index (χ0v) is 16.7. The number of likely N-dealkylation sites (N-methyl/N-ethyl adjacent to an activating group) is 1. The summed E-state index contributed by atoms with van der Waals surface area (Å²) in [5.41, 5.74) is -0.881. The van der Waals surface area contributed by atoms with Crippen LogP contribution in [0.3, 0.4) is 0 Å². The van der Waals surface area contributed by atoms with Gasteiger partial charge in [-0.15, -0.1) is 0 Å². The molecule has 2 aliphatic rings. The molecular formula is C18H28N4O6. The van der Waals surface area contributed by atoms with Crippen molar-refractivity contribution < 1.29 is 28.7 Å². The molecule has 6 amide bonds. The Labute approximate surface area is 163 Å². The first-order valence-corrected chi connectivity index (χ1v) is 9.49. The number of esters is 1. The van der Waals surface area contributed by atoms with Crippen molar-refractivity contribution in [3.8, 4) is 0 Å². The van der Waals surface area contributed by atoms with Crippen molar-refractivity contribution in [2.75, 3.05) is 13.6 Å². The number of hydrogen-bond donors (Lipinski definition) is 2. The second-order valence-corrected chi connectivity index (χ2v) is 7.57. The number of imide groups is 2. The highest BCUT2D eigenvalue weighted by Gasteiger charge is 2.56. The second kappa shape index (κ2) is 8.57. The van der Waals surface area contributed by atoms with Crippen molar-refractivity contribution in [2.45, 2.75) is 70.6 Å². The third kappa shape index (κ3) is 4.42. The van der Waals surface area contributed by atoms with E-state index in [1.807, 2.05) is 0 Å². The van der Waals surface area contributed by atoms with Gasteiger partial charge >= 0.3 is 18.0 Å². The Hall–Kier alpha value is -2.65. The van der Waals surface area contributed by atoms with E-state index in [4.69, 9.17) is 4.74 Å². The minimum absolute atomic E-state index is 0.165. The summed E-state index contributed by atoms with van der Waals surface area (Å²) in [6.07, 6.45) is 2.59. The predicted octanol–water partition coefficient (Wildman–Crippen LogP) is 0.749. The van der Waals surface area contributed by atoms with Crippen LogP contribution in [-0.4, -0.2) is 70.9 Å². The van der Waals surface area contributed by atoms with E-state index in [-0.39, 0.29) is 6.04 Å². The Morgan fingerprint density at radius 1 is 1.11 bits per heavy atom. The topological polar surface area (TPSA) is 125 Å². The van der Waals surface area contributed by atoms with Crippen LogP contribution in [0.5, 0.6) is 0 Å². The van der Waals surface area contributed by atoms with Crippen LogP contribution in [0.25, 0.3) is 0 Å². The minimum Gasteiger partial charge on any atom is -0.451 e. The van der Waals surface area contributed by atoms with Crippen molar-refractivity contribution in [1.29, 1.82) is 0 Å². The smallest absolute Gasteiger partial charge is 0.327 e. The number of carbonyl (C=O) groups is 5. The van der Waals surface area contributed by atoms with E-state index in [0.717, 1.165) is 24.2 Å². The quantitative estimate of drug-likeness (QED) is 0.522. The summed E-state index contributed by atoms with van der Waals surface area (Å²) >= 11 is 0. The van der Waals surface area contributed by atoms with Crippen LogP contribution in [0.4, 0.5) is 9.59 Å². The number of urea groups is 2. The lowest BCUT2D eigenvalue weighted by atomic mass is 9.81. The van der Waals surface area contributed by atoms with Gasteiger partial charge in [0.25, 0.3) is 11.8 Å². The average molecular weight is 396 g/mol. The summed E-state index contributed by atoms with van der Waals surface area (Å²) in [5.74, 6) is -2.09. The molecule has 1 aliphatic carbocycles. The third-order valence-corrected chi connectivity index (χ3v) is 5.11. The molecule has 1 spiro atoms. The summed E-state index contributed by atoms with van der Waals surface area (Å²) in [6.45, 7) is 4.19. The normalized spacial score (nSPS) is 19.8. The SMILES string of the molecule is CC(C)NC(=O)NC(=O)[C@H](C)OC(=O)CN1C(=O)N(C)C2(CCCCC2)C1=O. The average Bonchev–Trinajstić information content (AvgIpc) is 2.78. The molecule has 156 valence electrons. The predicted molar refractivity (Wildman–Crippen MR) is 98.1 cm³/mol. The highest BCUT2D eigenvalue weighted by molar-refractivity contribution is 6.08. The van der Waals surface area contributed by atoms with E-state index >= 15 is 0 Å². The number of carbonyl (C=O) groups excluding carboxylic acids is 5. The zero-order valence-electron chi connectivity index (χ0n) is 16.7. The molecular weight excluding hydrogens is 368 g/mol. The summed E-state index contributed by atoms with van der Waals surface area (Å²) in [5, 5.41) is 4.53. The molecule has 0 radical (unpaired) electrons. The number of nitrogens with zero attached hydrogens (tertiary/aromatic N) is 2. The molecule has 1 heterocycles. The largest absolute Gasteiger partial charge is 0.451 e. The van der Waals surface area contributed by atoms with Crippen molar-refractivity contribution in [1.82, 2.24) is 20.4 Å². The standard InChI is InChI=1S/C18H28N4O6/c1-11(2)19-16(26)20-14(24)12(3)28-13(23)10-22-15(25)18(21(4)17(22)27)8-6-5-7-9-18/h11-12H,5-10H2,1-4H3,(H2,19,20,24,26)/t12-/m0/s1. The molecule has 10 heteroatoms. The first kappa shape index (κ1) is 21.6. The first-order valence-electron chi connectivity index (χ1n) is 9.49. The molecule has 0 bridgehead atoms. The van der Waals surface area contributed by atoms with Gasteiger partial charge in [0.05, 0.1) is 0 Å². The molecule has 2 N–H and O–H groups in total. The number of rotatable bonds is 5. The van der Waals surface area contributed by atoms with E-state index in [2.05, 4.69) is 10.6 Å². The van der Waals surface area contributed by atoms with Crippen LogP contribution in [0, 0.1) is 0 Å². The maximum absolute atomic E-state index is 12.8. The van der Waals surface area contributed by atoms with Crippen LogP contribution in [0.2, 0.25) is 0 Å². The number of hydrogen-bond acceptors (Lipinski definition) is 6. The molecule has 1 aliphatic heterocycles. The van der Waals surface area contributed by atoms with Crippen LogP contribution in [-0.2, 0) is 19.1 Å². The molecule has 0 aromatic rings. The number of nitrogens with one attached hydrogen (secondary N) is 2. The maximum Gasteiger partial charge on any atom is 0.327 e. The van der Waals surface area contributed by atoms with E-state index in [0.29, 0.717) is 12.8 Å². The second-order valence-electron chi connectivity index (χ2n) is 7.57. The molecule has 1 saturated carbocycles. The monoisotopic (exact) mass is 396 g/mol. The van der Waals surface area contributed by atoms with Gasteiger partial charge in [-0.1, -0.05) is 19.3 Å². The van der Waals surface area contributed by atoms with Crippen molar-refractivity contribution >= 4 is 29.8 Å². The van der Waals surface area contributed by atoms with Gasteiger partial charge in [0.2, 0.25) is 0 Å². The number of amides is 6. The van der Waals surface area contributed by atoms with Crippen molar-refractivity contribution in [3.05, 3.63) is 0 Å². The Morgan fingerprint density at radius 2 is 1.71 bits per heavy atom. The lowest BCUT2D eigenvalue weighted by Crippen LogP contribution is -2.49. The van der Waals surface area contributed by atoms with E-state index in [1.165, 1.54) is 11.8 Å². The molecule has 1 atom stereocenters. The molecule has 2 fully saturated rings. The summed E-state index contributed by atoms with van der Waals surface area (Å²) in [6, 6.07) is -1.41. The summed E-state index contributed by atoms with van der Waals surface area (Å²) in [7, 11) is 1.57.